The van der Waals surface area contributed by atoms with Gasteiger partial charge in [-0.3, -0.25) is 53.5 Å². The number of fused-ring (bicyclic) bond motifs is 2. The molecule has 0 saturated carbocycles. The maximum atomic E-state index is 14.6. The van der Waals surface area contributed by atoms with Crippen LogP contribution in [0.15, 0.2) is 82.7 Å². The Morgan fingerprint density at radius 3 is 2.37 bits per heavy atom. The first-order chi connectivity index (χ1) is 36.6. The second kappa shape index (κ2) is 23.8. The van der Waals surface area contributed by atoms with Gasteiger partial charge in [-0.05, 0) is 67.6 Å². The zero-order valence-electron chi connectivity index (χ0n) is 41.3. The van der Waals surface area contributed by atoms with Gasteiger partial charge in [0.25, 0.3) is 29.2 Å². The molecule has 0 aliphatic carbocycles. The number of nitrogens with one attached hydrogen (secondary N) is 5. The number of methoxy groups -OCH3 is 2. The molecule has 1 unspecified atom stereocenters. The lowest BCUT2D eigenvalue weighted by atomic mass is 10.0. The van der Waals surface area contributed by atoms with Crippen molar-refractivity contribution in [1.82, 2.24) is 50.3 Å². The Morgan fingerprint density at radius 1 is 0.855 bits per heavy atom. The van der Waals surface area contributed by atoms with Crippen LogP contribution in [0.5, 0.6) is 17.6 Å². The SMILES string of the molecule is COc1ncc(-c2nc3c(n2CCCN/C=C(/CNC(=O)CCCCCNC(=O)COc2ccc4c(c2)C(=O)N(C2CCC(=O)NC2=O)C4=O)N=N)[C@@H](c2ccc(Cl)cc2)N(c2cc(Cl)cn(C)c2=O)C3=O)c(OC)n1. The normalized spacial score (nSPS) is 16.1. The second-order valence-corrected chi connectivity index (χ2v) is 18.5. The minimum absolute atomic E-state index is 0.00140. The number of pyridine rings is 1. The molecule has 24 nitrogen and oxygen atoms in total. The smallest absolute Gasteiger partial charge is 0.319 e. The fraction of sp³-hybridized carbons (Fsp3) is 0.340. The van der Waals surface area contributed by atoms with E-state index < -0.39 is 53.1 Å². The van der Waals surface area contributed by atoms with Gasteiger partial charge >= 0.3 is 6.01 Å². The number of hydrogen-bond acceptors (Lipinski definition) is 17. The predicted octanol–water partition coefficient (Wildman–Crippen LogP) is 4.24. The van der Waals surface area contributed by atoms with Crippen LogP contribution in [0.4, 0.5) is 5.69 Å². The van der Waals surface area contributed by atoms with E-state index in [0.29, 0.717) is 66.4 Å². The molecule has 26 heteroatoms. The number of aromatic nitrogens is 5. The molecule has 76 heavy (non-hydrogen) atoms. The molecule has 2 atom stereocenters. The highest BCUT2D eigenvalue weighted by Gasteiger charge is 2.47. The van der Waals surface area contributed by atoms with E-state index in [0.717, 1.165) is 4.90 Å². The molecule has 6 heterocycles. The lowest BCUT2D eigenvalue weighted by Gasteiger charge is -2.27. The van der Waals surface area contributed by atoms with Crippen molar-refractivity contribution in [3.63, 3.8) is 0 Å². The quantitative estimate of drug-likeness (QED) is 0.0347. The molecule has 0 bridgehead atoms. The van der Waals surface area contributed by atoms with Gasteiger partial charge in [-0.2, -0.15) is 10.1 Å². The Balaban J connectivity index is 0.818. The van der Waals surface area contributed by atoms with E-state index in [-0.39, 0.29) is 95.7 Å². The number of nitrogens with zero attached hydrogens (tertiary/aromatic N) is 8. The number of carbonyl (C=O) groups excluding carboxylic acids is 7. The maximum Gasteiger partial charge on any atom is 0.319 e. The molecule has 3 aliphatic heterocycles. The molecular formula is C50H51Cl2N13O11. The topological polar surface area (TPSA) is 304 Å². The van der Waals surface area contributed by atoms with Gasteiger partial charge in [0.2, 0.25) is 23.6 Å². The van der Waals surface area contributed by atoms with Gasteiger partial charge in [0, 0.05) is 63.1 Å². The van der Waals surface area contributed by atoms with Crippen molar-refractivity contribution in [3.8, 4) is 29.0 Å². The van der Waals surface area contributed by atoms with Crippen molar-refractivity contribution < 1.29 is 47.8 Å². The van der Waals surface area contributed by atoms with E-state index in [1.165, 1.54) is 66.5 Å². The van der Waals surface area contributed by atoms with Gasteiger partial charge in [-0.1, -0.05) is 41.8 Å². The number of carbonyl (C=O) groups is 7. The van der Waals surface area contributed by atoms with Gasteiger partial charge in [0.1, 0.15) is 29.3 Å². The second-order valence-electron chi connectivity index (χ2n) is 17.6. The number of anilines is 1. The molecule has 3 aliphatic rings. The first-order valence-electron chi connectivity index (χ1n) is 23.9. The van der Waals surface area contributed by atoms with Gasteiger partial charge in [0.15, 0.2) is 12.3 Å². The van der Waals surface area contributed by atoms with Crippen molar-refractivity contribution in [3.05, 3.63) is 121 Å². The number of aryl methyl sites for hydroxylation is 1. The number of hydrogen-bond donors (Lipinski definition) is 5. The Kier molecular flexibility index (Phi) is 16.8. The van der Waals surface area contributed by atoms with Crippen LogP contribution in [-0.4, -0.2) is 117 Å². The Labute approximate surface area is 443 Å². The van der Waals surface area contributed by atoms with Gasteiger partial charge < -0.3 is 39.3 Å². The number of imide groups is 2. The molecule has 396 valence electrons. The minimum Gasteiger partial charge on any atom is -0.484 e. The molecular weight excluding hydrogens is 1030 g/mol. The van der Waals surface area contributed by atoms with Crippen LogP contribution in [-0.2, 0) is 32.8 Å². The summed E-state index contributed by atoms with van der Waals surface area (Å²) in [6, 6.07) is 10.6. The van der Waals surface area contributed by atoms with E-state index in [4.69, 9.17) is 47.9 Å². The van der Waals surface area contributed by atoms with E-state index in [2.05, 4.69) is 36.3 Å². The van der Waals surface area contributed by atoms with Crippen LogP contribution in [0.1, 0.15) is 93.4 Å². The fourth-order valence-electron chi connectivity index (χ4n) is 8.96. The summed E-state index contributed by atoms with van der Waals surface area (Å²) in [5, 5.41) is 15.1. The molecule has 1 saturated heterocycles. The fourth-order valence-corrected chi connectivity index (χ4v) is 9.33. The lowest BCUT2D eigenvalue weighted by molar-refractivity contribution is -0.136. The Hall–Kier alpha value is -8.51. The molecule has 5 aromatic rings. The number of unbranched alkanes of at least 4 members (excludes halogenated alkanes) is 2. The summed E-state index contributed by atoms with van der Waals surface area (Å²) in [5.74, 6) is -3.11. The van der Waals surface area contributed by atoms with Crippen molar-refractivity contribution >= 4 is 70.2 Å². The molecule has 7 amide bonds. The summed E-state index contributed by atoms with van der Waals surface area (Å²) in [6.07, 6.45) is 6.85. The third kappa shape index (κ3) is 11.6. The molecule has 8 rings (SSSR count). The molecule has 0 radical (unpaired) electrons. The maximum absolute atomic E-state index is 14.6. The van der Waals surface area contributed by atoms with Gasteiger partial charge in [-0.15, -0.1) is 0 Å². The van der Waals surface area contributed by atoms with Crippen LogP contribution in [0.25, 0.3) is 11.4 Å². The van der Waals surface area contributed by atoms with E-state index in [1.807, 2.05) is 4.57 Å². The molecule has 2 aromatic carbocycles. The highest BCUT2D eigenvalue weighted by molar-refractivity contribution is 6.31. The van der Waals surface area contributed by atoms with Crippen LogP contribution in [0.2, 0.25) is 10.0 Å². The number of amides is 7. The average molecular weight is 1080 g/mol. The molecule has 1 fully saturated rings. The third-order valence-corrected chi connectivity index (χ3v) is 13.1. The largest absolute Gasteiger partial charge is 0.484 e. The first-order valence-corrected chi connectivity index (χ1v) is 24.7. The molecule has 5 N–H and O–H groups in total. The van der Waals surface area contributed by atoms with Crippen LogP contribution in [0.3, 0.4) is 0 Å². The Bertz CT molecular complexity index is 3230. The summed E-state index contributed by atoms with van der Waals surface area (Å²) >= 11 is 12.8. The molecule has 3 aromatic heterocycles. The predicted molar refractivity (Wildman–Crippen MR) is 272 cm³/mol. The van der Waals surface area contributed by atoms with E-state index in [1.54, 1.807) is 31.3 Å². The number of halogens is 2. The van der Waals surface area contributed by atoms with E-state index in [9.17, 15) is 38.4 Å². The van der Waals surface area contributed by atoms with Crippen LogP contribution in [0, 0.1) is 5.53 Å². The zero-order chi connectivity index (χ0) is 54.2. The first kappa shape index (κ1) is 53.8. The van der Waals surface area contributed by atoms with Crippen molar-refractivity contribution in [2.75, 3.05) is 45.4 Å². The summed E-state index contributed by atoms with van der Waals surface area (Å²) in [4.78, 5) is 119. The highest BCUT2D eigenvalue weighted by Crippen LogP contribution is 2.44. The zero-order valence-corrected chi connectivity index (χ0v) is 42.8. The van der Waals surface area contributed by atoms with Crippen molar-refractivity contribution in [1.29, 1.82) is 5.53 Å². The number of rotatable bonds is 23. The Morgan fingerprint density at radius 2 is 1.63 bits per heavy atom. The van der Waals surface area contributed by atoms with E-state index >= 15 is 0 Å². The monoisotopic (exact) mass is 1080 g/mol. The van der Waals surface area contributed by atoms with Crippen LogP contribution >= 0.6 is 23.2 Å². The summed E-state index contributed by atoms with van der Waals surface area (Å²) in [7, 11) is 4.40. The number of ether oxygens (including phenoxy) is 3. The number of benzene rings is 2. The lowest BCUT2D eigenvalue weighted by Crippen LogP contribution is -2.54. The average Bonchev–Trinajstić information content (AvgIpc) is 4.07. The summed E-state index contributed by atoms with van der Waals surface area (Å²) in [6.45, 7) is 0.555. The minimum atomic E-state index is -1.10. The van der Waals surface area contributed by atoms with Crippen molar-refractivity contribution in [2.45, 2.75) is 63.6 Å². The summed E-state index contributed by atoms with van der Waals surface area (Å²) < 4.78 is 19.6. The van der Waals surface area contributed by atoms with Gasteiger partial charge in [-0.25, -0.2) is 15.5 Å². The standard InChI is InChI=1S/C50H51Cl2N13O11/c1-62-25-29(52)20-36(48(62)72)64-41(27-9-11-28(51)12-10-27)42-40(49(64)73)59-43(34-24-57-50(75-3)60-45(34)74-2)63(42)19-7-17-54-22-30(61-53)23-56-37(66)8-5-4-6-18-55-39(68)26-76-31-13-14-32-33(21-31)47(71)65(46(32)70)35-15-16-38(67)58-44(35)69/h9-14,20-22,24-25,35,41,53-54H,4-8,15-19,23,26H2,1-3H3,(H,55,68)(H,56,66)(H,58,67,69)/b30-22-,61-53?/t35?,41-/m1/s1. The number of imidazole rings is 1. The molecule has 0 spiro atoms. The third-order valence-electron chi connectivity index (χ3n) is 12.6. The van der Waals surface area contributed by atoms with Crippen LogP contribution < -0.4 is 45.9 Å². The van der Waals surface area contributed by atoms with Gasteiger partial charge in [0.05, 0.1) is 53.9 Å². The van der Waals surface area contributed by atoms with Crippen molar-refractivity contribution in [2.24, 2.45) is 12.2 Å². The summed E-state index contributed by atoms with van der Waals surface area (Å²) in [5.41, 5.74) is 9.27. The number of piperidine rings is 1. The highest BCUT2D eigenvalue weighted by atomic mass is 35.5.